The molecule has 1 aliphatic rings. The van der Waals surface area contributed by atoms with E-state index < -0.39 is 11.5 Å². The van der Waals surface area contributed by atoms with Crippen LogP contribution in [-0.2, 0) is 5.60 Å². The van der Waals surface area contributed by atoms with Gasteiger partial charge in [-0.1, -0.05) is 11.2 Å². The number of aromatic nitrogens is 1. The molecule has 116 valence electrons. The Labute approximate surface area is 126 Å². The topological polar surface area (TPSA) is 93.8 Å². The van der Waals surface area contributed by atoms with Crippen molar-refractivity contribution in [1.29, 1.82) is 0 Å². The van der Waals surface area contributed by atoms with Gasteiger partial charge in [-0.25, -0.2) is 0 Å². The van der Waals surface area contributed by atoms with Crippen LogP contribution in [0.5, 0.6) is 11.5 Å². The van der Waals surface area contributed by atoms with Crippen molar-refractivity contribution in [3.8, 4) is 11.5 Å². The number of ether oxygens (including phenoxy) is 2. The minimum Gasteiger partial charge on any atom is -0.454 e. The summed E-state index contributed by atoms with van der Waals surface area (Å²) in [5.74, 6) is 1.36. The molecule has 0 aliphatic carbocycles. The monoisotopic (exact) mass is 304 g/mol. The van der Waals surface area contributed by atoms with Crippen molar-refractivity contribution in [3.05, 3.63) is 41.3 Å². The fraction of sp³-hybridized carbons (Fsp3) is 0.333. The van der Waals surface area contributed by atoms with Crippen LogP contribution < -0.4 is 14.8 Å². The van der Waals surface area contributed by atoms with Gasteiger partial charge in [0.05, 0.1) is 6.54 Å². The number of nitrogens with one attached hydrogen (secondary N) is 1. The molecule has 7 heteroatoms. The third-order valence-corrected chi connectivity index (χ3v) is 3.45. The lowest BCUT2D eigenvalue weighted by atomic mass is 9.95. The van der Waals surface area contributed by atoms with Gasteiger partial charge in [0.25, 0.3) is 5.91 Å². The largest absolute Gasteiger partial charge is 0.454 e. The van der Waals surface area contributed by atoms with Crippen molar-refractivity contribution in [2.45, 2.75) is 19.4 Å². The first kappa shape index (κ1) is 14.4. The molecule has 2 aromatic rings. The highest BCUT2D eigenvalue weighted by Gasteiger charge is 2.27. The van der Waals surface area contributed by atoms with Crippen LogP contribution in [-0.4, -0.2) is 29.5 Å². The van der Waals surface area contributed by atoms with Crippen molar-refractivity contribution in [3.63, 3.8) is 0 Å². The summed E-state index contributed by atoms with van der Waals surface area (Å²) in [5, 5.41) is 16.8. The molecule has 1 atom stereocenters. The van der Waals surface area contributed by atoms with Crippen molar-refractivity contribution >= 4 is 5.91 Å². The summed E-state index contributed by atoms with van der Waals surface area (Å²) in [7, 11) is 0. The predicted octanol–water partition coefficient (Wildman–Crippen LogP) is 1.35. The van der Waals surface area contributed by atoms with E-state index in [-0.39, 0.29) is 19.0 Å². The van der Waals surface area contributed by atoms with E-state index >= 15 is 0 Å². The average molecular weight is 304 g/mol. The zero-order chi connectivity index (χ0) is 15.7. The molecule has 2 N–H and O–H groups in total. The Hall–Kier alpha value is -2.54. The summed E-state index contributed by atoms with van der Waals surface area (Å²) >= 11 is 0. The molecule has 1 amide bonds. The molecule has 1 aliphatic heterocycles. The number of aryl methyl sites for hydroxylation is 1. The molecule has 0 spiro atoms. The Morgan fingerprint density at radius 1 is 1.36 bits per heavy atom. The fourth-order valence-electron chi connectivity index (χ4n) is 2.15. The molecule has 7 nitrogen and oxygen atoms in total. The van der Waals surface area contributed by atoms with Crippen LogP contribution in [0.15, 0.2) is 28.8 Å². The van der Waals surface area contributed by atoms with Gasteiger partial charge in [0.2, 0.25) is 6.79 Å². The van der Waals surface area contributed by atoms with Crippen LogP contribution in [0.3, 0.4) is 0 Å². The van der Waals surface area contributed by atoms with Gasteiger partial charge in [-0.05, 0) is 31.5 Å². The number of nitrogens with zero attached hydrogens (tertiary/aromatic N) is 1. The third-order valence-electron chi connectivity index (χ3n) is 3.45. The van der Waals surface area contributed by atoms with Gasteiger partial charge >= 0.3 is 0 Å². The summed E-state index contributed by atoms with van der Waals surface area (Å²) in [4.78, 5) is 11.9. The Morgan fingerprint density at radius 3 is 2.86 bits per heavy atom. The molecule has 1 aromatic carbocycles. The number of rotatable bonds is 4. The number of hydrogen-bond acceptors (Lipinski definition) is 6. The van der Waals surface area contributed by atoms with E-state index in [4.69, 9.17) is 14.0 Å². The number of benzene rings is 1. The average Bonchev–Trinajstić information content (AvgIpc) is 3.12. The highest BCUT2D eigenvalue weighted by Crippen LogP contribution is 2.35. The van der Waals surface area contributed by atoms with Crippen LogP contribution in [0.2, 0.25) is 0 Å². The van der Waals surface area contributed by atoms with E-state index in [0.717, 1.165) is 0 Å². The SMILES string of the molecule is Cc1cc(C(=O)NC[C@](C)(O)c2ccc3c(c2)OCO3)no1. The third kappa shape index (κ3) is 2.75. The Bertz CT molecular complexity index is 708. The van der Waals surface area contributed by atoms with Crippen LogP contribution >= 0.6 is 0 Å². The second-order valence-corrected chi connectivity index (χ2v) is 5.35. The molecule has 3 rings (SSSR count). The van der Waals surface area contributed by atoms with Crippen LogP contribution in [0, 0.1) is 6.92 Å². The van der Waals surface area contributed by atoms with Gasteiger partial charge in [-0.2, -0.15) is 0 Å². The molecule has 0 fully saturated rings. The van der Waals surface area contributed by atoms with Crippen LogP contribution in [0.4, 0.5) is 0 Å². The molecule has 0 bridgehead atoms. The maximum absolute atomic E-state index is 11.9. The number of carbonyl (C=O) groups is 1. The first-order chi connectivity index (χ1) is 10.5. The number of amides is 1. The number of hydrogen-bond donors (Lipinski definition) is 2. The molecule has 0 saturated carbocycles. The van der Waals surface area contributed by atoms with Gasteiger partial charge < -0.3 is 24.4 Å². The van der Waals surface area contributed by atoms with E-state index in [1.165, 1.54) is 6.07 Å². The van der Waals surface area contributed by atoms with Gasteiger partial charge in [-0.3, -0.25) is 4.79 Å². The zero-order valence-corrected chi connectivity index (χ0v) is 12.3. The van der Waals surface area contributed by atoms with E-state index in [0.29, 0.717) is 22.8 Å². The second kappa shape index (κ2) is 5.34. The van der Waals surface area contributed by atoms with Crippen molar-refractivity contribution in [2.24, 2.45) is 0 Å². The molecule has 0 unspecified atom stereocenters. The Balaban J connectivity index is 1.69. The minimum absolute atomic E-state index is 0.0252. The number of carbonyl (C=O) groups excluding carboxylic acids is 1. The van der Waals surface area contributed by atoms with Crippen molar-refractivity contribution in [2.75, 3.05) is 13.3 Å². The maximum atomic E-state index is 11.9. The van der Waals surface area contributed by atoms with Crippen molar-refractivity contribution < 1.29 is 23.9 Å². The number of aliphatic hydroxyl groups is 1. The van der Waals surface area contributed by atoms with Crippen LogP contribution in [0.1, 0.15) is 28.7 Å². The summed E-state index contributed by atoms with van der Waals surface area (Å²) in [6, 6.07) is 6.70. The van der Waals surface area contributed by atoms with Gasteiger partial charge in [0.1, 0.15) is 11.4 Å². The molecule has 2 heterocycles. The minimum atomic E-state index is -1.25. The van der Waals surface area contributed by atoms with E-state index in [2.05, 4.69) is 10.5 Å². The highest BCUT2D eigenvalue weighted by molar-refractivity contribution is 5.92. The fourth-order valence-corrected chi connectivity index (χ4v) is 2.15. The lowest BCUT2D eigenvalue weighted by Crippen LogP contribution is -2.38. The maximum Gasteiger partial charge on any atom is 0.273 e. The Morgan fingerprint density at radius 2 is 2.14 bits per heavy atom. The predicted molar refractivity (Wildman–Crippen MR) is 75.7 cm³/mol. The summed E-state index contributed by atoms with van der Waals surface area (Å²) < 4.78 is 15.4. The van der Waals surface area contributed by atoms with Gasteiger partial charge in [-0.15, -0.1) is 0 Å². The second-order valence-electron chi connectivity index (χ2n) is 5.35. The molecule has 1 aromatic heterocycles. The highest BCUT2D eigenvalue weighted by atomic mass is 16.7. The van der Waals surface area contributed by atoms with E-state index in [9.17, 15) is 9.90 Å². The standard InChI is InChI=1S/C15H16N2O5/c1-9-5-11(17-22-9)14(18)16-7-15(2,19)10-3-4-12-13(6-10)21-8-20-12/h3-6,19H,7-8H2,1-2H3,(H,16,18)/t15-/m0/s1. The number of fused-ring (bicyclic) bond motifs is 1. The van der Waals surface area contributed by atoms with Crippen molar-refractivity contribution in [1.82, 2.24) is 10.5 Å². The lowest BCUT2D eigenvalue weighted by molar-refractivity contribution is 0.0522. The first-order valence-electron chi connectivity index (χ1n) is 6.80. The van der Waals surface area contributed by atoms with Crippen LogP contribution in [0.25, 0.3) is 0 Å². The lowest BCUT2D eigenvalue weighted by Gasteiger charge is -2.24. The van der Waals surface area contributed by atoms with Gasteiger partial charge in [0, 0.05) is 6.07 Å². The molecular formula is C15H16N2O5. The summed E-state index contributed by atoms with van der Waals surface area (Å²) in [5.41, 5.74) is -0.456. The molecular weight excluding hydrogens is 288 g/mol. The normalized spacial score (nSPS) is 15.4. The molecule has 0 radical (unpaired) electrons. The van der Waals surface area contributed by atoms with E-state index in [1.54, 1.807) is 32.0 Å². The zero-order valence-electron chi connectivity index (χ0n) is 12.3. The summed E-state index contributed by atoms with van der Waals surface area (Å²) in [6.45, 7) is 3.51. The molecule has 22 heavy (non-hydrogen) atoms. The van der Waals surface area contributed by atoms with E-state index in [1.807, 2.05) is 0 Å². The first-order valence-corrected chi connectivity index (χ1v) is 6.80. The molecule has 0 saturated heterocycles. The summed E-state index contributed by atoms with van der Waals surface area (Å²) in [6.07, 6.45) is 0. The quantitative estimate of drug-likeness (QED) is 0.885. The smallest absolute Gasteiger partial charge is 0.273 e. The Kier molecular flexibility index (Phi) is 3.50. The van der Waals surface area contributed by atoms with Gasteiger partial charge in [0.15, 0.2) is 17.2 Å².